The third-order valence-corrected chi connectivity index (χ3v) is 8.18. The second kappa shape index (κ2) is 10.1. The summed E-state index contributed by atoms with van der Waals surface area (Å²) < 4.78 is 32.1. The second-order valence-corrected chi connectivity index (χ2v) is 10.9. The zero-order valence-corrected chi connectivity index (χ0v) is 20.1. The minimum Gasteiger partial charge on any atom is -0.489 e. The number of rotatable bonds is 7. The molecule has 0 spiro atoms. The van der Waals surface area contributed by atoms with Crippen molar-refractivity contribution in [2.45, 2.75) is 24.8 Å². The molecule has 1 aromatic heterocycles. The number of aromatic nitrogens is 1. The molecular weight excluding hydrogens is 454 g/mol. The van der Waals surface area contributed by atoms with Gasteiger partial charge in [0.2, 0.25) is 5.91 Å². The molecule has 34 heavy (non-hydrogen) atoms. The summed E-state index contributed by atoms with van der Waals surface area (Å²) in [6.45, 7) is 3.42. The van der Waals surface area contributed by atoms with E-state index in [4.69, 9.17) is 9.94 Å². The maximum absolute atomic E-state index is 13.1. The molecule has 4 rings (SSSR count). The van der Waals surface area contributed by atoms with E-state index in [1.165, 1.54) is 12.1 Å². The summed E-state index contributed by atoms with van der Waals surface area (Å²) in [5, 5.41) is 10.1. The van der Waals surface area contributed by atoms with Gasteiger partial charge >= 0.3 is 0 Å². The summed E-state index contributed by atoms with van der Waals surface area (Å²) in [5.74, 6) is -1.09. The molecule has 2 heterocycles. The molecule has 1 aliphatic heterocycles. The lowest BCUT2D eigenvalue weighted by molar-refractivity contribution is -0.136. The van der Waals surface area contributed by atoms with E-state index >= 15 is 0 Å². The fraction of sp³-hybridized carbons (Fsp3) is 0.360. The normalized spacial score (nSPS) is 19.1. The molecule has 1 amide bonds. The van der Waals surface area contributed by atoms with Crippen molar-refractivity contribution in [3.8, 4) is 5.75 Å². The summed E-state index contributed by atoms with van der Waals surface area (Å²) in [4.78, 5) is 18.8. The van der Waals surface area contributed by atoms with Crippen LogP contribution in [0.2, 0.25) is 0 Å². The highest BCUT2D eigenvalue weighted by Gasteiger charge is 2.36. The maximum atomic E-state index is 13.1. The maximum Gasteiger partial charge on any atom is 0.246 e. The van der Waals surface area contributed by atoms with E-state index < -0.39 is 27.6 Å². The minimum atomic E-state index is -3.63. The summed E-state index contributed by atoms with van der Waals surface area (Å²) in [7, 11) is -1.73. The van der Waals surface area contributed by atoms with Crippen LogP contribution in [0.5, 0.6) is 5.75 Å². The number of hydrogen-bond donors (Lipinski definition) is 2. The molecule has 180 valence electrons. The first-order valence-electron chi connectivity index (χ1n) is 11.2. The van der Waals surface area contributed by atoms with Crippen LogP contribution in [-0.2, 0) is 21.2 Å². The molecule has 0 radical (unpaired) electrons. The highest BCUT2D eigenvalue weighted by Crippen LogP contribution is 2.28. The Labute approximate surface area is 199 Å². The quantitative estimate of drug-likeness (QED) is 0.393. The van der Waals surface area contributed by atoms with Crippen LogP contribution in [0.25, 0.3) is 10.9 Å². The first-order chi connectivity index (χ1) is 16.3. The number of ether oxygens (including phenoxy) is 1. The van der Waals surface area contributed by atoms with Gasteiger partial charge in [-0.2, -0.15) is 0 Å². The number of benzene rings is 2. The van der Waals surface area contributed by atoms with E-state index in [9.17, 15) is 13.2 Å². The Bertz CT molecular complexity index is 1280. The first kappa shape index (κ1) is 24.1. The van der Waals surface area contributed by atoms with Crippen LogP contribution in [-0.4, -0.2) is 55.3 Å². The van der Waals surface area contributed by atoms with Gasteiger partial charge in [0.05, 0.1) is 16.2 Å². The number of aryl methyl sites for hydroxylation is 1. The molecule has 0 aliphatic carbocycles. The lowest BCUT2D eigenvalue weighted by Gasteiger charge is -2.35. The predicted molar refractivity (Wildman–Crippen MR) is 128 cm³/mol. The first-order valence-corrected chi connectivity index (χ1v) is 12.9. The second-order valence-electron chi connectivity index (χ2n) is 8.87. The molecule has 3 aromatic rings. The highest BCUT2D eigenvalue weighted by molar-refractivity contribution is 7.91. The standard InChI is InChI=1S/C25H29N3O5S/c1-17-13-18(22-5-3-4-6-24(22)26-17)15-33-20-7-9-21(10-8-20)34(31,32)16-19-14-28(2)12-11-23(19)25(29)27-30/h3-10,13,19,23,30H,11-12,14-16H2,1-2H3,(H,27,29)/t19-,23-/m0/s1. The van der Waals surface area contributed by atoms with Crippen molar-refractivity contribution in [2.24, 2.45) is 11.8 Å². The van der Waals surface area contributed by atoms with E-state index in [-0.39, 0.29) is 10.6 Å². The topological polar surface area (TPSA) is 109 Å². The summed E-state index contributed by atoms with van der Waals surface area (Å²) in [5.41, 5.74) is 4.50. The number of piperidine rings is 1. The molecule has 1 aliphatic rings. The van der Waals surface area contributed by atoms with Crippen molar-refractivity contribution in [3.05, 3.63) is 65.9 Å². The molecule has 1 saturated heterocycles. The van der Waals surface area contributed by atoms with Crippen molar-refractivity contribution in [3.63, 3.8) is 0 Å². The number of pyridine rings is 1. The van der Waals surface area contributed by atoms with E-state index in [2.05, 4.69) is 4.98 Å². The van der Waals surface area contributed by atoms with Gasteiger partial charge in [-0.05, 0) is 69.3 Å². The van der Waals surface area contributed by atoms with Gasteiger partial charge < -0.3 is 9.64 Å². The molecule has 0 saturated carbocycles. The minimum absolute atomic E-state index is 0.169. The predicted octanol–water partition coefficient (Wildman–Crippen LogP) is 2.97. The number of carbonyl (C=O) groups excluding carboxylic acids is 1. The van der Waals surface area contributed by atoms with Gasteiger partial charge in [-0.1, -0.05) is 18.2 Å². The number of nitrogens with one attached hydrogen (secondary N) is 1. The number of sulfone groups is 1. The molecule has 8 nitrogen and oxygen atoms in total. The largest absolute Gasteiger partial charge is 0.489 e. The van der Waals surface area contributed by atoms with Crippen molar-refractivity contribution in [1.29, 1.82) is 0 Å². The number of nitrogens with zero attached hydrogens (tertiary/aromatic N) is 2. The average molecular weight is 484 g/mol. The number of para-hydroxylation sites is 1. The van der Waals surface area contributed by atoms with Crippen LogP contribution in [0.15, 0.2) is 59.5 Å². The van der Waals surface area contributed by atoms with E-state index in [0.717, 1.165) is 22.2 Å². The van der Waals surface area contributed by atoms with Crippen molar-refractivity contribution >= 4 is 26.6 Å². The Morgan fingerprint density at radius 1 is 1.21 bits per heavy atom. The summed E-state index contributed by atoms with van der Waals surface area (Å²) in [6.07, 6.45) is 0.499. The molecular formula is C25H29N3O5S. The Kier molecular flexibility index (Phi) is 7.16. The van der Waals surface area contributed by atoms with Crippen LogP contribution in [0.3, 0.4) is 0 Å². The van der Waals surface area contributed by atoms with Gasteiger partial charge in [0.25, 0.3) is 0 Å². The Morgan fingerprint density at radius 3 is 2.68 bits per heavy atom. The third-order valence-electron chi connectivity index (χ3n) is 6.32. The summed E-state index contributed by atoms with van der Waals surface area (Å²) >= 11 is 0. The average Bonchev–Trinajstić information content (AvgIpc) is 2.82. The van der Waals surface area contributed by atoms with Crippen LogP contribution >= 0.6 is 0 Å². The van der Waals surface area contributed by atoms with E-state index in [0.29, 0.717) is 31.9 Å². The highest BCUT2D eigenvalue weighted by atomic mass is 32.2. The number of carbonyl (C=O) groups is 1. The molecule has 2 aromatic carbocycles. The van der Waals surface area contributed by atoms with Crippen LogP contribution < -0.4 is 10.2 Å². The molecule has 2 N–H and O–H groups in total. The van der Waals surface area contributed by atoms with E-state index in [1.54, 1.807) is 17.6 Å². The van der Waals surface area contributed by atoms with Gasteiger partial charge in [0.1, 0.15) is 12.4 Å². The van der Waals surface area contributed by atoms with Crippen molar-refractivity contribution in [2.75, 3.05) is 25.9 Å². The smallest absolute Gasteiger partial charge is 0.246 e. The lowest BCUT2D eigenvalue weighted by atomic mass is 9.86. The van der Waals surface area contributed by atoms with Crippen molar-refractivity contribution < 1.29 is 23.2 Å². The van der Waals surface area contributed by atoms with E-state index in [1.807, 2.05) is 49.2 Å². The number of hydroxylamine groups is 1. The van der Waals surface area contributed by atoms with Gasteiger partial charge in [-0.15, -0.1) is 0 Å². The monoisotopic (exact) mass is 483 g/mol. The van der Waals surface area contributed by atoms with Gasteiger partial charge in [-0.25, -0.2) is 13.9 Å². The van der Waals surface area contributed by atoms with Crippen LogP contribution in [0.4, 0.5) is 0 Å². The van der Waals surface area contributed by atoms with Crippen LogP contribution in [0, 0.1) is 18.8 Å². The number of amides is 1. The van der Waals surface area contributed by atoms with Crippen LogP contribution in [0.1, 0.15) is 17.7 Å². The Balaban J connectivity index is 1.46. The third kappa shape index (κ3) is 5.38. The molecule has 9 heteroatoms. The Morgan fingerprint density at radius 2 is 1.94 bits per heavy atom. The fourth-order valence-electron chi connectivity index (χ4n) is 4.61. The number of fused-ring (bicyclic) bond motifs is 1. The number of likely N-dealkylation sites (tertiary alicyclic amines) is 1. The molecule has 1 fully saturated rings. The van der Waals surface area contributed by atoms with Gasteiger partial charge in [-0.3, -0.25) is 15.0 Å². The molecule has 2 atom stereocenters. The SMILES string of the molecule is Cc1cc(COc2ccc(S(=O)(=O)C[C@@H]3CN(C)CC[C@@H]3C(=O)NO)cc2)c2ccccc2n1. The zero-order valence-electron chi connectivity index (χ0n) is 19.3. The lowest BCUT2D eigenvalue weighted by Crippen LogP contribution is -2.46. The Hall–Kier alpha value is -3.01. The van der Waals surface area contributed by atoms with Gasteiger partial charge in [0, 0.05) is 29.1 Å². The summed E-state index contributed by atoms with van der Waals surface area (Å²) in [6, 6.07) is 16.2. The van der Waals surface area contributed by atoms with Gasteiger partial charge in [0.15, 0.2) is 9.84 Å². The zero-order chi connectivity index (χ0) is 24.3. The number of hydrogen-bond acceptors (Lipinski definition) is 7. The fourth-order valence-corrected chi connectivity index (χ4v) is 6.25. The molecule has 0 unspecified atom stereocenters. The van der Waals surface area contributed by atoms with Crippen molar-refractivity contribution in [1.82, 2.24) is 15.4 Å². The molecule has 0 bridgehead atoms.